The molecule has 146 valence electrons. The van der Waals surface area contributed by atoms with Crippen molar-refractivity contribution in [3.63, 3.8) is 0 Å². The average Bonchev–Trinajstić information content (AvgIpc) is 3.17. The van der Waals surface area contributed by atoms with Gasteiger partial charge in [0.2, 0.25) is 0 Å². The Morgan fingerprint density at radius 1 is 1.17 bits per heavy atom. The van der Waals surface area contributed by atoms with Gasteiger partial charge in [-0.05, 0) is 43.0 Å². The fourth-order valence-corrected chi connectivity index (χ4v) is 3.47. The number of benzene rings is 2. The van der Waals surface area contributed by atoms with Crippen LogP contribution in [0.5, 0.6) is 0 Å². The molecule has 3 aromatic rings. The number of esters is 1. The van der Waals surface area contributed by atoms with E-state index in [1.54, 1.807) is 23.4 Å². The van der Waals surface area contributed by atoms with Crippen molar-refractivity contribution < 1.29 is 9.53 Å². The highest BCUT2D eigenvalue weighted by molar-refractivity contribution is 7.99. The highest BCUT2D eigenvalue weighted by Crippen LogP contribution is 2.28. The Morgan fingerprint density at radius 3 is 2.52 bits per heavy atom. The van der Waals surface area contributed by atoms with Crippen LogP contribution in [0, 0.1) is 11.3 Å². The quantitative estimate of drug-likeness (QED) is 0.237. The number of nitriles is 1. The zero-order valence-electron chi connectivity index (χ0n) is 16.3. The molecule has 0 spiro atoms. The van der Waals surface area contributed by atoms with E-state index in [9.17, 15) is 10.1 Å². The molecule has 0 aliphatic rings. The van der Waals surface area contributed by atoms with Crippen molar-refractivity contribution in [2.45, 2.75) is 18.7 Å². The maximum atomic E-state index is 12.1. The molecule has 0 aliphatic heterocycles. The first-order chi connectivity index (χ1) is 14.2. The minimum Gasteiger partial charge on any atom is -0.462 e. The molecular weight excluding hydrogens is 382 g/mol. The van der Waals surface area contributed by atoms with Gasteiger partial charge in [0.25, 0.3) is 0 Å². The van der Waals surface area contributed by atoms with E-state index in [4.69, 9.17) is 9.84 Å². The third-order valence-corrected chi connectivity index (χ3v) is 5.01. The third kappa shape index (κ3) is 4.95. The Morgan fingerprint density at radius 2 is 1.90 bits per heavy atom. The van der Waals surface area contributed by atoms with Crippen molar-refractivity contribution in [2.24, 2.45) is 0 Å². The van der Waals surface area contributed by atoms with Crippen LogP contribution in [-0.4, -0.2) is 28.1 Å². The van der Waals surface area contributed by atoms with Crippen LogP contribution in [0.1, 0.15) is 19.4 Å². The lowest BCUT2D eigenvalue weighted by Crippen LogP contribution is -2.06. The van der Waals surface area contributed by atoms with Crippen molar-refractivity contribution in [1.29, 1.82) is 5.26 Å². The SMILES string of the molecule is CCOC(=O)/C(C#N)=C\c1cn(-c2ccccc2)nc1-c1ccc(SCC)cc1. The molecule has 0 N–H and O–H groups in total. The summed E-state index contributed by atoms with van der Waals surface area (Å²) in [5, 5.41) is 14.1. The Bertz CT molecular complexity index is 1050. The Labute approximate surface area is 174 Å². The maximum Gasteiger partial charge on any atom is 0.348 e. The summed E-state index contributed by atoms with van der Waals surface area (Å²) in [6, 6.07) is 19.7. The van der Waals surface area contributed by atoms with Crippen LogP contribution >= 0.6 is 11.8 Å². The number of rotatable bonds is 7. The van der Waals surface area contributed by atoms with Crippen LogP contribution in [-0.2, 0) is 9.53 Å². The molecule has 0 bridgehead atoms. The summed E-state index contributed by atoms with van der Waals surface area (Å²) in [4.78, 5) is 13.3. The number of hydrogen-bond acceptors (Lipinski definition) is 5. The van der Waals surface area contributed by atoms with Crippen LogP contribution in [0.4, 0.5) is 0 Å². The Balaban J connectivity index is 2.09. The molecule has 1 heterocycles. The summed E-state index contributed by atoms with van der Waals surface area (Å²) in [6.45, 7) is 4.04. The highest BCUT2D eigenvalue weighted by atomic mass is 32.2. The first kappa shape index (κ1) is 20.4. The maximum absolute atomic E-state index is 12.1. The van der Waals surface area contributed by atoms with Crippen molar-refractivity contribution in [2.75, 3.05) is 12.4 Å². The van der Waals surface area contributed by atoms with E-state index in [-0.39, 0.29) is 12.2 Å². The van der Waals surface area contributed by atoms with Crippen molar-refractivity contribution in [1.82, 2.24) is 9.78 Å². The van der Waals surface area contributed by atoms with E-state index in [1.165, 1.54) is 11.0 Å². The van der Waals surface area contributed by atoms with Crippen LogP contribution < -0.4 is 0 Å². The summed E-state index contributed by atoms with van der Waals surface area (Å²) >= 11 is 1.77. The Kier molecular flexibility index (Phi) is 6.88. The summed E-state index contributed by atoms with van der Waals surface area (Å²) in [7, 11) is 0. The number of nitrogens with zero attached hydrogens (tertiary/aromatic N) is 3. The summed E-state index contributed by atoms with van der Waals surface area (Å²) in [5.41, 5.74) is 3.11. The topological polar surface area (TPSA) is 67.9 Å². The first-order valence-electron chi connectivity index (χ1n) is 9.33. The van der Waals surface area contributed by atoms with Crippen molar-refractivity contribution in [3.8, 4) is 23.0 Å². The first-order valence-corrected chi connectivity index (χ1v) is 10.3. The number of aromatic nitrogens is 2. The molecule has 3 rings (SSSR count). The van der Waals surface area contributed by atoms with Crippen LogP contribution in [0.25, 0.3) is 23.0 Å². The summed E-state index contributed by atoms with van der Waals surface area (Å²) in [6.07, 6.45) is 3.35. The number of hydrogen-bond donors (Lipinski definition) is 0. The van der Waals surface area contributed by atoms with Gasteiger partial charge >= 0.3 is 5.97 Å². The predicted molar refractivity (Wildman–Crippen MR) is 116 cm³/mol. The minimum absolute atomic E-state index is 0.0566. The van der Waals surface area contributed by atoms with Gasteiger partial charge in [-0.3, -0.25) is 0 Å². The van der Waals surface area contributed by atoms with E-state index >= 15 is 0 Å². The van der Waals surface area contributed by atoms with E-state index in [0.717, 1.165) is 17.0 Å². The smallest absolute Gasteiger partial charge is 0.348 e. The molecule has 0 aliphatic carbocycles. The van der Waals surface area contributed by atoms with Gasteiger partial charge in [0, 0.05) is 22.2 Å². The molecule has 0 atom stereocenters. The molecule has 0 fully saturated rings. The van der Waals surface area contributed by atoms with Gasteiger partial charge in [-0.2, -0.15) is 10.4 Å². The molecule has 1 aromatic heterocycles. The zero-order valence-corrected chi connectivity index (χ0v) is 17.1. The monoisotopic (exact) mass is 403 g/mol. The molecule has 5 nitrogen and oxygen atoms in total. The number of para-hydroxylation sites is 1. The fourth-order valence-electron chi connectivity index (χ4n) is 2.81. The van der Waals surface area contributed by atoms with Gasteiger partial charge in [0.1, 0.15) is 11.6 Å². The predicted octanol–water partition coefficient (Wildman–Crippen LogP) is 5.12. The molecule has 0 radical (unpaired) electrons. The number of thioether (sulfide) groups is 1. The summed E-state index contributed by atoms with van der Waals surface area (Å²) < 4.78 is 6.73. The second-order valence-corrected chi connectivity index (χ2v) is 7.40. The molecule has 0 unspecified atom stereocenters. The van der Waals surface area contributed by atoms with E-state index < -0.39 is 5.97 Å². The summed E-state index contributed by atoms with van der Waals surface area (Å²) in [5.74, 6) is 0.365. The van der Waals surface area contributed by atoms with Gasteiger partial charge in [0.05, 0.1) is 18.0 Å². The lowest BCUT2D eigenvalue weighted by Gasteiger charge is -2.03. The molecule has 6 heteroatoms. The fraction of sp³-hybridized carbons (Fsp3) is 0.174. The number of carbonyl (C=O) groups is 1. The van der Waals surface area contributed by atoms with Gasteiger partial charge in [-0.15, -0.1) is 11.8 Å². The van der Waals surface area contributed by atoms with Crippen LogP contribution in [0.3, 0.4) is 0 Å². The largest absolute Gasteiger partial charge is 0.462 e. The lowest BCUT2D eigenvalue weighted by molar-refractivity contribution is -0.137. The standard InChI is InChI=1S/C23H21N3O2S/c1-3-28-23(27)18(15-24)14-19-16-26(20-8-6-5-7-9-20)25-22(19)17-10-12-21(13-11-17)29-4-2/h5-14,16H,3-4H2,1-2H3/b18-14-. The van der Waals surface area contributed by atoms with E-state index in [0.29, 0.717) is 11.3 Å². The molecular formula is C23H21N3O2S. The second-order valence-electron chi connectivity index (χ2n) is 6.06. The molecule has 29 heavy (non-hydrogen) atoms. The van der Waals surface area contributed by atoms with Crippen LogP contribution in [0.2, 0.25) is 0 Å². The molecule has 2 aromatic carbocycles. The van der Waals surface area contributed by atoms with E-state index in [1.807, 2.05) is 54.7 Å². The Hall–Kier alpha value is -3.30. The van der Waals surface area contributed by atoms with Gasteiger partial charge < -0.3 is 4.74 Å². The lowest BCUT2D eigenvalue weighted by atomic mass is 10.1. The molecule has 0 amide bonds. The van der Waals surface area contributed by atoms with Crippen molar-refractivity contribution in [3.05, 3.63) is 71.9 Å². The van der Waals surface area contributed by atoms with Gasteiger partial charge in [0.15, 0.2) is 0 Å². The minimum atomic E-state index is -0.636. The molecule has 0 saturated heterocycles. The highest BCUT2D eigenvalue weighted by Gasteiger charge is 2.15. The van der Waals surface area contributed by atoms with Crippen molar-refractivity contribution >= 4 is 23.8 Å². The average molecular weight is 404 g/mol. The van der Waals surface area contributed by atoms with Crippen LogP contribution in [0.15, 0.2) is 71.3 Å². The zero-order chi connectivity index (χ0) is 20.6. The van der Waals surface area contributed by atoms with Gasteiger partial charge in [-0.25, -0.2) is 9.48 Å². The molecule has 0 saturated carbocycles. The van der Waals surface area contributed by atoms with Gasteiger partial charge in [-0.1, -0.05) is 37.3 Å². The second kappa shape index (κ2) is 9.76. The number of carbonyl (C=O) groups excluding carboxylic acids is 1. The number of ether oxygens (including phenoxy) is 1. The third-order valence-electron chi connectivity index (χ3n) is 4.12. The normalized spacial score (nSPS) is 11.1. The van der Waals surface area contributed by atoms with E-state index in [2.05, 4.69) is 19.1 Å².